The van der Waals surface area contributed by atoms with Crippen LogP contribution in [0.2, 0.25) is 0 Å². The van der Waals surface area contributed by atoms with Gasteiger partial charge in [-0.3, -0.25) is 9.59 Å². The first-order chi connectivity index (χ1) is 9.54. The molecule has 2 amide bonds. The van der Waals surface area contributed by atoms with Gasteiger partial charge in [-0.05, 0) is 18.2 Å². The molecule has 1 aliphatic heterocycles. The predicted octanol–water partition coefficient (Wildman–Crippen LogP) is 0.701. The van der Waals surface area contributed by atoms with Gasteiger partial charge in [0.25, 0.3) is 5.91 Å². The van der Waals surface area contributed by atoms with Gasteiger partial charge in [0.15, 0.2) is 0 Å². The van der Waals surface area contributed by atoms with Crippen LogP contribution in [0.5, 0.6) is 0 Å². The van der Waals surface area contributed by atoms with Gasteiger partial charge in [0.2, 0.25) is 5.91 Å². The highest BCUT2D eigenvalue weighted by molar-refractivity contribution is 7.80. The zero-order valence-corrected chi connectivity index (χ0v) is 11.8. The predicted molar refractivity (Wildman–Crippen MR) is 73.4 cm³/mol. The molecule has 1 aromatic rings. The maximum absolute atomic E-state index is 13.8. The lowest BCUT2D eigenvalue weighted by molar-refractivity contribution is -0.130. The number of ether oxygens (including phenoxy) is 1. The minimum absolute atomic E-state index is 0.0895. The fourth-order valence-electron chi connectivity index (χ4n) is 2.06. The summed E-state index contributed by atoms with van der Waals surface area (Å²) in [6.07, 6.45) is 0. The molecule has 0 saturated carbocycles. The monoisotopic (exact) mass is 298 g/mol. The Kier molecular flexibility index (Phi) is 4.61. The summed E-state index contributed by atoms with van der Waals surface area (Å²) in [6, 6.07) is 3.26. The Balaban J connectivity index is 2.30. The Morgan fingerprint density at radius 3 is 2.95 bits per heavy atom. The van der Waals surface area contributed by atoms with Crippen molar-refractivity contribution in [1.29, 1.82) is 0 Å². The number of nitrogens with zero attached hydrogens (tertiary/aromatic N) is 1. The summed E-state index contributed by atoms with van der Waals surface area (Å²) >= 11 is 4.10. The lowest BCUT2D eigenvalue weighted by Crippen LogP contribution is -2.55. The number of hydrogen-bond donors (Lipinski definition) is 2. The lowest BCUT2D eigenvalue weighted by atomic mass is 10.1. The molecule has 1 saturated heterocycles. The molecular weight excluding hydrogens is 283 g/mol. The molecule has 7 heteroatoms. The van der Waals surface area contributed by atoms with Gasteiger partial charge in [0, 0.05) is 18.5 Å². The molecule has 108 valence electrons. The van der Waals surface area contributed by atoms with Crippen molar-refractivity contribution < 1.29 is 18.7 Å². The van der Waals surface area contributed by atoms with E-state index in [4.69, 9.17) is 4.74 Å². The number of hydrogen-bond acceptors (Lipinski definition) is 4. The van der Waals surface area contributed by atoms with Gasteiger partial charge in [-0.15, -0.1) is 12.6 Å². The molecule has 1 aliphatic rings. The van der Waals surface area contributed by atoms with Crippen LogP contribution in [-0.4, -0.2) is 49.6 Å². The number of rotatable bonds is 2. The molecule has 0 spiro atoms. The molecule has 0 radical (unpaired) electrons. The number of carbonyl (C=O) groups excluding carboxylic acids is 2. The summed E-state index contributed by atoms with van der Waals surface area (Å²) in [6.45, 7) is 0.669. The van der Waals surface area contributed by atoms with Gasteiger partial charge >= 0.3 is 0 Å². The van der Waals surface area contributed by atoms with E-state index in [1.165, 1.54) is 30.1 Å². The average molecular weight is 298 g/mol. The molecular formula is C13H15FN2O3S. The molecule has 1 aromatic carbocycles. The van der Waals surface area contributed by atoms with Crippen LogP contribution in [-0.2, 0) is 9.53 Å². The molecule has 20 heavy (non-hydrogen) atoms. The van der Waals surface area contributed by atoms with Crippen LogP contribution in [0.15, 0.2) is 23.1 Å². The summed E-state index contributed by atoms with van der Waals surface area (Å²) in [5, 5.41) is 2.48. The van der Waals surface area contributed by atoms with E-state index in [1.807, 2.05) is 0 Å². The van der Waals surface area contributed by atoms with E-state index >= 15 is 0 Å². The van der Waals surface area contributed by atoms with Gasteiger partial charge in [-0.2, -0.15) is 0 Å². The molecule has 5 nitrogen and oxygen atoms in total. The second kappa shape index (κ2) is 6.23. The highest BCUT2D eigenvalue weighted by Crippen LogP contribution is 2.18. The third-order valence-electron chi connectivity index (χ3n) is 3.12. The van der Waals surface area contributed by atoms with E-state index < -0.39 is 17.8 Å². The topological polar surface area (TPSA) is 58.6 Å². The maximum Gasteiger partial charge on any atom is 0.257 e. The van der Waals surface area contributed by atoms with Gasteiger partial charge in [-0.25, -0.2) is 4.39 Å². The molecule has 1 atom stereocenters. The number of amides is 2. The second-order valence-electron chi connectivity index (χ2n) is 4.37. The summed E-state index contributed by atoms with van der Waals surface area (Å²) in [5.74, 6) is -1.49. The Labute approximate surface area is 121 Å². The van der Waals surface area contributed by atoms with Crippen molar-refractivity contribution in [3.63, 3.8) is 0 Å². The molecule has 1 unspecified atom stereocenters. The zero-order chi connectivity index (χ0) is 14.7. The molecule has 2 rings (SSSR count). The van der Waals surface area contributed by atoms with Crippen molar-refractivity contribution in [3.8, 4) is 0 Å². The average Bonchev–Trinajstić information content (AvgIpc) is 2.48. The van der Waals surface area contributed by atoms with Crippen LogP contribution in [0.3, 0.4) is 0 Å². The summed E-state index contributed by atoms with van der Waals surface area (Å²) in [5.41, 5.74) is -0.0895. The van der Waals surface area contributed by atoms with Gasteiger partial charge in [0.05, 0.1) is 18.8 Å². The van der Waals surface area contributed by atoms with Crippen molar-refractivity contribution in [2.75, 3.05) is 26.8 Å². The van der Waals surface area contributed by atoms with E-state index in [0.717, 1.165) is 0 Å². The van der Waals surface area contributed by atoms with Gasteiger partial charge < -0.3 is 15.0 Å². The number of benzene rings is 1. The van der Waals surface area contributed by atoms with Gasteiger partial charge in [0.1, 0.15) is 11.9 Å². The fourth-order valence-corrected chi connectivity index (χ4v) is 2.27. The minimum Gasteiger partial charge on any atom is -0.377 e. The van der Waals surface area contributed by atoms with Crippen LogP contribution in [0.25, 0.3) is 0 Å². The van der Waals surface area contributed by atoms with Crippen LogP contribution in [0, 0.1) is 5.82 Å². The highest BCUT2D eigenvalue weighted by atomic mass is 32.1. The normalized spacial score (nSPS) is 18.8. The molecule has 0 aliphatic carbocycles. The van der Waals surface area contributed by atoms with Crippen LogP contribution in [0.1, 0.15) is 10.4 Å². The first-order valence-corrected chi connectivity index (χ1v) is 6.58. The smallest absolute Gasteiger partial charge is 0.257 e. The van der Waals surface area contributed by atoms with Crippen LogP contribution in [0.4, 0.5) is 4.39 Å². The third kappa shape index (κ3) is 2.94. The Morgan fingerprint density at radius 2 is 2.25 bits per heavy atom. The van der Waals surface area contributed by atoms with E-state index in [0.29, 0.717) is 11.5 Å². The molecule has 0 bridgehead atoms. The van der Waals surface area contributed by atoms with Crippen LogP contribution >= 0.6 is 12.6 Å². The Morgan fingerprint density at radius 1 is 1.50 bits per heavy atom. The SMILES string of the molecule is CNC(=O)C1COCCN1C(=O)c1cc(S)ccc1F. The summed E-state index contributed by atoms with van der Waals surface area (Å²) < 4.78 is 19.0. The van der Waals surface area contributed by atoms with Crippen molar-refractivity contribution in [2.45, 2.75) is 10.9 Å². The number of halogens is 1. The fraction of sp³-hybridized carbons (Fsp3) is 0.385. The molecule has 0 aromatic heterocycles. The quantitative estimate of drug-likeness (QED) is 0.790. The largest absolute Gasteiger partial charge is 0.377 e. The van der Waals surface area contributed by atoms with E-state index in [-0.39, 0.29) is 24.6 Å². The van der Waals surface area contributed by atoms with Crippen molar-refractivity contribution in [1.82, 2.24) is 10.2 Å². The van der Waals surface area contributed by atoms with E-state index in [1.54, 1.807) is 0 Å². The van der Waals surface area contributed by atoms with Gasteiger partial charge in [-0.1, -0.05) is 0 Å². The summed E-state index contributed by atoms with van der Waals surface area (Å²) in [7, 11) is 1.48. The maximum atomic E-state index is 13.8. The summed E-state index contributed by atoms with van der Waals surface area (Å²) in [4.78, 5) is 26.0. The van der Waals surface area contributed by atoms with Crippen molar-refractivity contribution >= 4 is 24.4 Å². The molecule has 1 fully saturated rings. The minimum atomic E-state index is -0.746. The Hall–Kier alpha value is -1.60. The number of carbonyl (C=O) groups is 2. The number of nitrogens with one attached hydrogen (secondary N) is 1. The standard InChI is InChI=1S/C13H15FN2O3S/c1-15-12(17)11-7-19-5-4-16(11)13(18)9-6-8(20)2-3-10(9)14/h2-3,6,11,20H,4-5,7H2,1H3,(H,15,17). The first kappa shape index (κ1) is 14.8. The highest BCUT2D eigenvalue weighted by Gasteiger charge is 2.33. The lowest BCUT2D eigenvalue weighted by Gasteiger charge is -2.34. The molecule has 1 heterocycles. The number of thiol groups is 1. The van der Waals surface area contributed by atoms with E-state index in [2.05, 4.69) is 17.9 Å². The Bertz CT molecular complexity index is 538. The van der Waals surface area contributed by atoms with E-state index in [9.17, 15) is 14.0 Å². The van der Waals surface area contributed by atoms with Crippen LogP contribution < -0.4 is 5.32 Å². The van der Waals surface area contributed by atoms with Crippen molar-refractivity contribution in [3.05, 3.63) is 29.6 Å². The number of likely N-dealkylation sites (N-methyl/N-ethyl adjacent to an activating group) is 1. The second-order valence-corrected chi connectivity index (χ2v) is 4.88. The zero-order valence-electron chi connectivity index (χ0n) is 10.9. The van der Waals surface area contributed by atoms with Crippen molar-refractivity contribution in [2.24, 2.45) is 0 Å². The first-order valence-electron chi connectivity index (χ1n) is 6.13. The third-order valence-corrected chi connectivity index (χ3v) is 3.40. The molecule has 1 N–H and O–H groups in total. The number of morpholine rings is 1.